The summed E-state index contributed by atoms with van der Waals surface area (Å²) in [5.74, 6) is 0.921. The Bertz CT molecular complexity index is 966. The van der Waals surface area contributed by atoms with Crippen molar-refractivity contribution in [2.24, 2.45) is 0 Å². The van der Waals surface area contributed by atoms with E-state index in [9.17, 15) is 4.79 Å². The molecule has 0 saturated heterocycles. The van der Waals surface area contributed by atoms with E-state index in [2.05, 4.69) is 45.9 Å². The number of carbonyl (C=O) groups excluding carboxylic acids is 1. The molecular formula is C20H22N4OS. The molecule has 2 heterocycles. The highest BCUT2D eigenvalue weighted by Gasteiger charge is 2.24. The SMILES string of the molecule is CCCNC(=O)c1ccc2c(c1)CC(Nc1ncnc3scc(C)c13)C2. The quantitative estimate of drug-likeness (QED) is 0.722. The van der Waals surface area contributed by atoms with E-state index in [1.165, 1.54) is 16.7 Å². The number of anilines is 1. The summed E-state index contributed by atoms with van der Waals surface area (Å²) in [6, 6.07) is 6.34. The Balaban J connectivity index is 1.52. The number of benzene rings is 1. The molecule has 1 aliphatic rings. The second-order valence-corrected chi connectivity index (χ2v) is 7.67. The Morgan fingerprint density at radius 2 is 2.12 bits per heavy atom. The van der Waals surface area contributed by atoms with E-state index in [-0.39, 0.29) is 11.9 Å². The van der Waals surface area contributed by atoms with Gasteiger partial charge in [-0.1, -0.05) is 13.0 Å². The van der Waals surface area contributed by atoms with Crippen LogP contribution in [0.4, 0.5) is 5.82 Å². The minimum atomic E-state index is 0.0115. The fraction of sp³-hybridized carbons (Fsp3) is 0.350. The van der Waals surface area contributed by atoms with E-state index in [0.717, 1.165) is 40.9 Å². The number of hydrogen-bond acceptors (Lipinski definition) is 5. The summed E-state index contributed by atoms with van der Waals surface area (Å²) >= 11 is 1.65. The largest absolute Gasteiger partial charge is 0.366 e. The Kier molecular flexibility index (Phi) is 4.59. The Hall–Kier alpha value is -2.47. The van der Waals surface area contributed by atoms with Crippen LogP contribution in [0, 0.1) is 6.92 Å². The van der Waals surface area contributed by atoms with Crippen LogP contribution in [-0.2, 0) is 12.8 Å². The summed E-state index contributed by atoms with van der Waals surface area (Å²) < 4.78 is 0. The number of amides is 1. The molecule has 1 atom stereocenters. The Morgan fingerprint density at radius 3 is 2.96 bits per heavy atom. The highest BCUT2D eigenvalue weighted by molar-refractivity contribution is 7.17. The number of aryl methyl sites for hydroxylation is 1. The van der Waals surface area contributed by atoms with Crippen LogP contribution in [0.25, 0.3) is 10.2 Å². The second kappa shape index (κ2) is 7.03. The molecule has 0 fully saturated rings. The molecule has 26 heavy (non-hydrogen) atoms. The third-order valence-corrected chi connectivity index (χ3v) is 5.84. The zero-order valence-corrected chi connectivity index (χ0v) is 15.8. The van der Waals surface area contributed by atoms with Crippen molar-refractivity contribution in [3.63, 3.8) is 0 Å². The first kappa shape index (κ1) is 17.0. The third kappa shape index (κ3) is 3.17. The van der Waals surface area contributed by atoms with Gasteiger partial charge in [0.05, 0.1) is 5.39 Å². The highest BCUT2D eigenvalue weighted by atomic mass is 32.1. The minimum absolute atomic E-state index is 0.0115. The number of aromatic nitrogens is 2. The number of thiophene rings is 1. The van der Waals surface area contributed by atoms with Crippen molar-refractivity contribution in [3.8, 4) is 0 Å². The standard InChI is InChI=1S/C20H22N4OS/c1-3-6-21-19(25)14-5-4-13-8-16(9-15(13)7-14)24-18-17-12(2)10-26-20(17)23-11-22-18/h4-5,7,10-11,16H,3,6,8-9H2,1-2H3,(H,21,25)(H,22,23,24). The molecule has 2 N–H and O–H groups in total. The predicted molar refractivity (Wildman–Crippen MR) is 106 cm³/mol. The summed E-state index contributed by atoms with van der Waals surface area (Å²) in [4.78, 5) is 22.0. The van der Waals surface area contributed by atoms with Crippen molar-refractivity contribution >= 4 is 33.3 Å². The van der Waals surface area contributed by atoms with E-state index in [0.29, 0.717) is 6.54 Å². The molecule has 3 aromatic rings. The number of fused-ring (bicyclic) bond motifs is 2. The summed E-state index contributed by atoms with van der Waals surface area (Å²) in [6.45, 7) is 4.86. The van der Waals surface area contributed by atoms with Gasteiger partial charge in [0.1, 0.15) is 17.0 Å². The van der Waals surface area contributed by atoms with Crippen molar-refractivity contribution in [1.29, 1.82) is 0 Å². The lowest BCUT2D eigenvalue weighted by Crippen LogP contribution is -2.24. The van der Waals surface area contributed by atoms with Gasteiger partial charge in [-0.05, 0) is 60.4 Å². The first-order chi connectivity index (χ1) is 12.7. The minimum Gasteiger partial charge on any atom is -0.366 e. The second-order valence-electron chi connectivity index (χ2n) is 6.81. The van der Waals surface area contributed by atoms with Crippen LogP contribution in [0.2, 0.25) is 0 Å². The van der Waals surface area contributed by atoms with Crippen molar-refractivity contribution < 1.29 is 4.79 Å². The molecule has 0 aliphatic heterocycles. The molecule has 1 unspecified atom stereocenters. The van der Waals surface area contributed by atoms with Gasteiger partial charge in [-0.25, -0.2) is 9.97 Å². The first-order valence-corrected chi connectivity index (χ1v) is 9.89. The number of rotatable bonds is 5. The zero-order chi connectivity index (χ0) is 18.1. The molecule has 0 saturated carbocycles. The smallest absolute Gasteiger partial charge is 0.251 e. The van der Waals surface area contributed by atoms with Gasteiger partial charge in [-0.15, -0.1) is 11.3 Å². The maximum atomic E-state index is 12.2. The van der Waals surface area contributed by atoms with Gasteiger partial charge >= 0.3 is 0 Å². The molecule has 0 bridgehead atoms. The molecular weight excluding hydrogens is 344 g/mol. The zero-order valence-electron chi connectivity index (χ0n) is 15.0. The maximum absolute atomic E-state index is 12.2. The van der Waals surface area contributed by atoms with Crippen LogP contribution < -0.4 is 10.6 Å². The van der Waals surface area contributed by atoms with Gasteiger partial charge < -0.3 is 10.6 Å². The van der Waals surface area contributed by atoms with E-state index in [1.54, 1.807) is 17.7 Å². The average molecular weight is 366 g/mol. The molecule has 1 amide bonds. The first-order valence-electron chi connectivity index (χ1n) is 9.01. The molecule has 2 aromatic heterocycles. The lowest BCUT2D eigenvalue weighted by Gasteiger charge is -2.13. The molecule has 0 radical (unpaired) electrons. The van der Waals surface area contributed by atoms with E-state index in [4.69, 9.17) is 0 Å². The average Bonchev–Trinajstić information content (AvgIpc) is 3.22. The number of hydrogen-bond donors (Lipinski definition) is 2. The van der Waals surface area contributed by atoms with Gasteiger partial charge in [0, 0.05) is 18.2 Å². The summed E-state index contributed by atoms with van der Waals surface area (Å²) in [7, 11) is 0. The summed E-state index contributed by atoms with van der Waals surface area (Å²) in [6.07, 6.45) is 4.41. The molecule has 1 aromatic carbocycles. The van der Waals surface area contributed by atoms with Crippen LogP contribution in [-0.4, -0.2) is 28.5 Å². The van der Waals surface area contributed by atoms with Gasteiger partial charge in [0.2, 0.25) is 0 Å². The Labute approximate surface area is 156 Å². The predicted octanol–water partition coefficient (Wildman–Crippen LogP) is 3.72. The molecule has 5 nitrogen and oxygen atoms in total. The topological polar surface area (TPSA) is 66.9 Å². The third-order valence-electron chi connectivity index (χ3n) is 4.83. The van der Waals surface area contributed by atoms with Crippen LogP contribution in [0.3, 0.4) is 0 Å². The Morgan fingerprint density at radius 1 is 1.27 bits per heavy atom. The summed E-state index contributed by atoms with van der Waals surface area (Å²) in [5.41, 5.74) is 4.51. The molecule has 6 heteroatoms. The van der Waals surface area contributed by atoms with Crippen molar-refractivity contribution in [3.05, 3.63) is 52.2 Å². The fourth-order valence-electron chi connectivity index (χ4n) is 3.52. The molecule has 134 valence electrons. The molecule has 4 rings (SSSR count). The van der Waals surface area contributed by atoms with Crippen molar-refractivity contribution in [1.82, 2.24) is 15.3 Å². The lowest BCUT2D eigenvalue weighted by molar-refractivity contribution is 0.0953. The lowest BCUT2D eigenvalue weighted by atomic mass is 10.1. The van der Waals surface area contributed by atoms with Crippen LogP contribution in [0.5, 0.6) is 0 Å². The fourth-order valence-corrected chi connectivity index (χ4v) is 4.41. The highest BCUT2D eigenvalue weighted by Crippen LogP contribution is 2.31. The van der Waals surface area contributed by atoms with Gasteiger partial charge in [0.25, 0.3) is 5.91 Å². The molecule has 1 aliphatic carbocycles. The van der Waals surface area contributed by atoms with Crippen LogP contribution in [0.1, 0.15) is 40.4 Å². The molecule has 0 spiro atoms. The van der Waals surface area contributed by atoms with Crippen molar-refractivity contribution in [2.75, 3.05) is 11.9 Å². The van der Waals surface area contributed by atoms with E-state index >= 15 is 0 Å². The number of nitrogens with zero attached hydrogens (tertiary/aromatic N) is 2. The van der Waals surface area contributed by atoms with Crippen LogP contribution >= 0.6 is 11.3 Å². The van der Waals surface area contributed by atoms with Gasteiger partial charge in [0.15, 0.2) is 0 Å². The summed E-state index contributed by atoms with van der Waals surface area (Å²) in [5, 5.41) is 9.78. The number of nitrogens with one attached hydrogen (secondary N) is 2. The van der Waals surface area contributed by atoms with Gasteiger partial charge in [-0.3, -0.25) is 4.79 Å². The van der Waals surface area contributed by atoms with E-state index in [1.807, 2.05) is 12.1 Å². The maximum Gasteiger partial charge on any atom is 0.251 e. The van der Waals surface area contributed by atoms with E-state index < -0.39 is 0 Å². The normalized spacial score (nSPS) is 15.8. The van der Waals surface area contributed by atoms with Crippen LogP contribution in [0.15, 0.2) is 29.9 Å². The monoisotopic (exact) mass is 366 g/mol. The van der Waals surface area contributed by atoms with Gasteiger partial charge in [-0.2, -0.15) is 0 Å². The van der Waals surface area contributed by atoms with Crippen molar-refractivity contribution in [2.45, 2.75) is 39.2 Å². The number of carbonyl (C=O) groups is 1.